The topological polar surface area (TPSA) is 85.1 Å². The number of hydrogen-bond donors (Lipinski definition) is 2. The van der Waals surface area contributed by atoms with E-state index in [0.29, 0.717) is 36.1 Å². The van der Waals surface area contributed by atoms with Crippen molar-refractivity contribution in [2.75, 3.05) is 27.8 Å². The largest absolute Gasteiger partial charge is 0.496 e. The molecule has 28 heavy (non-hydrogen) atoms. The standard InChI is InChI=1S/C20H27N3O4.HI/c1-13-6-7-18(25-4)15(10-13)8-9-22-20(21-3)23-12-16-11-17(14(2)27-16)19(24)26-5;/h6-7,10-11H,8-9,12H2,1-5H3,(H2,21,22,23);1H. The number of rotatable bonds is 7. The molecule has 0 aliphatic rings. The Hall–Kier alpha value is -2.23. The SMILES string of the molecule is CN=C(NCCc1cc(C)ccc1OC)NCc1cc(C(=O)OC)c(C)o1.I. The molecule has 1 heterocycles. The fourth-order valence-corrected chi connectivity index (χ4v) is 2.75. The summed E-state index contributed by atoms with van der Waals surface area (Å²) in [6, 6.07) is 7.82. The molecule has 0 spiro atoms. The van der Waals surface area contributed by atoms with Gasteiger partial charge >= 0.3 is 5.97 Å². The zero-order valence-corrected chi connectivity index (χ0v) is 19.2. The van der Waals surface area contributed by atoms with Gasteiger partial charge in [-0.2, -0.15) is 0 Å². The molecule has 0 aliphatic carbocycles. The summed E-state index contributed by atoms with van der Waals surface area (Å²) in [4.78, 5) is 15.9. The number of esters is 1. The van der Waals surface area contributed by atoms with Crippen molar-refractivity contribution in [1.82, 2.24) is 10.6 Å². The van der Waals surface area contributed by atoms with E-state index in [1.807, 2.05) is 12.1 Å². The smallest absolute Gasteiger partial charge is 0.341 e. The number of aliphatic imine (C=N–C) groups is 1. The van der Waals surface area contributed by atoms with E-state index in [4.69, 9.17) is 13.9 Å². The molecule has 1 aromatic heterocycles. The molecule has 0 amide bonds. The lowest BCUT2D eigenvalue weighted by atomic mass is 10.1. The van der Waals surface area contributed by atoms with Gasteiger partial charge in [0.15, 0.2) is 5.96 Å². The van der Waals surface area contributed by atoms with Crippen molar-refractivity contribution >= 4 is 35.9 Å². The zero-order valence-electron chi connectivity index (χ0n) is 16.9. The Morgan fingerprint density at radius 1 is 1.18 bits per heavy atom. The van der Waals surface area contributed by atoms with Crippen LogP contribution in [-0.4, -0.2) is 39.7 Å². The van der Waals surface area contributed by atoms with Crippen LogP contribution in [0.5, 0.6) is 5.75 Å². The van der Waals surface area contributed by atoms with Gasteiger partial charge in [-0.25, -0.2) is 4.79 Å². The summed E-state index contributed by atoms with van der Waals surface area (Å²) in [5, 5.41) is 6.44. The first-order valence-electron chi connectivity index (χ1n) is 8.74. The van der Waals surface area contributed by atoms with Gasteiger partial charge < -0.3 is 24.5 Å². The fraction of sp³-hybridized carbons (Fsp3) is 0.400. The van der Waals surface area contributed by atoms with Crippen LogP contribution in [0, 0.1) is 13.8 Å². The monoisotopic (exact) mass is 501 g/mol. The molecular formula is C20H28IN3O4. The van der Waals surface area contributed by atoms with Gasteiger partial charge in [0.05, 0.1) is 20.8 Å². The van der Waals surface area contributed by atoms with Crippen molar-refractivity contribution in [2.24, 2.45) is 4.99 Å². The second kappa shape index (κ2) is 11.6. The molecule has 2 rings (SSSR count). The molecule has 0 atom stereocenters. The molecule has 0 saturated carbocycles. The van der Waals surface area contributed by atoms with Crippen LogP contribution >= 0.6 is 24.0 Å². The van der Waals surface area contributed by atoms with Gasteiger partial charge in [-0.3, -0.25) is 4.99 Å². The van der Waals surface area contributed by atoms with Crippen molar-refractivity contribution in [1.29, 1.82) is 0 Å². The third kappa shape index (κ3) is 6.43. The third-order valence-corrected chi connectivity index (χ3v) is 4.15. The molecule has 2 N–H and O–H groups in total. The van der Waals surface area contributed by atoms with Crippen LogP contribution in [0.3, 0.4) is 0 Å². The normalized spacial score (nSPS) is 10.8. The molecule has 2 aromatic rings. The minimum absolute atomic E-state index is 0. The fourth-order valence-electron chi connectivity index (χ4n) is 2.75. The number of guanidine groups is 1. The Labute approximate surface area is 182 Å². The van der Waals surface area contributed by atoms with E-state index >= 15 is 0 Å². The summed E-state index contributed by atoms with van der Waals surface area (Å²) >= 11 is 0. The highest BCUT2D eigenvalue weighted by molar-refractivity contribution is 14.0. The summed E-state index contributed by atoms with van der Waals surface area (Å²) in [6.45, 7) is 4.90. The van der Waals surface area contributed by atoms with E-state index in [2.05, 4.69) is 28.6 Å². The summed E-state index contributed by atoms with van der Waals surface area (Å²) in [6.07, 6.45) is 0.803. The highest BCUT2D eigenvalue weighted by atomic mass is 127. The Morgan fingerprint density at radius 2 is 1.93 bits per heavy atom. The highest BCUT2D eigenvalue weighted by Crippen LogP contribution is 2.19. The van der Waals surface area contributed by atoms with Crippen LogP contribution < -0.4 is 15.4 Å². The van der Waals surface area contributed by atoms with Gasteiger partial charge in [0.25, 0.3) is 0 Å². The summed E-state index contributed by atoms with van der Waals surface area (Å²) in [5.41, 5.74) is 2.77. The minimum Gasteiger partial charge on any atom is -0.496 e. The van der Waals surface area contributed by atoms with Gasteiger partial charge in [-0.1, -0.05) is 17.7 Å². The van der Waals surface area contributed by atoms with E-state index in [1.165, 1.54) is 12.7 Å². The van der Waals surface area contributed by atoms with Gasteiger partial charge in [-0.15, -0.1) is 24.0 Å². The molecule has 0 unspecified atom stereocenters. The Morgan fingerprint density at radius 3 is 2.57 bits per heavy atom. The lowest BCUT2D eigenvalue weighted by Gasteiger charge is -2.13. The summed E-state index contributed by atoms with van der Waals surface area (Å²) < 4.78 is 15.7. The lowest BCUT2D eigenvalue weighted by Crippen LogP contribution is -2.37. The van der Waals surface area contributed by atoms with Gasteiger partial charge in [0.2, 0.25) is 0 Å². The number of aryl methyl sites for hydroxylation is 2. The van der Waals surface area contributed by atoms with Crippen LogP contribution in [-0.2, 0) is 17.7 Å². The Kier molecular flexibility index (Phi) is 9.84. The molecule has 0 radical (unpaired) electrons. The maximum atomic E-state index is 11.6. The second-order valence-corrected chi connectivity index (χ2v) is 6.09. The molecule has 0 fully saturated rings. The van der Waals surface area contributed by atoms with E-state index in [0.717, 1.165) is 17.7 Å². The maximum absolute atomic E-state index is 11.6. The zero-order chi connectivity index (χ0) is 19.8. The van der Waals surface area contributed by atoms with Crippen molar-refractivity contribution in [2.45, 2.75) is 26.8 Å². The highest BCUT2D eigenvalue weighted by Gasteiger charge is 2.15. The molecule has 0 saturated heterocycles. The van der Waals surface area contributed by atoms with Crippen LogP contribution in [0.15, 0.2) is 33.7 Å². The molecule has 8 heteroatoms. The van der Waals surface area contributed by atoms with Crippen molar-refractivity contribution in [3.05, 3.63) is 52.5 Å². The van der Waals surface area contributed by atoms with E-state index in [9.17, 15) is 4.79 Å². The average molecular weight is 501 g/mol. The molecule has 0 bridgehead atoms. The second-order valence-electron chi connectivity index (χ2n) is 6.09. The van der Waals surface area contributed by atoms with Crippen molar-refractivity contribution in [3.8, 4) is 5.75 Å². The first kappa shape index (κ1) is 23.8. The van der Waals surface area contributed by atoms with Gasteiger partial charge in [0.1, 0.15) is 22.8 Å². The van der Waals surface area contributed by atoms with E-state index in [1.54, 1.807) is 27.1 Å². The van der Waals surface area contributed by atoms with E-state index < -0.39 is 5.97 Å². The molecule has 154 valence electrons. The van der Waals surface area contributed by atoms with Crippen LogP contribution in [0.4, 0.5) is 0 Å². The lowest BCUT2D eigenvalue weighted by molar-refractivity contribution is 0.0599. The minimum atomic E-state index is -0.405. The average Bonchev–Trinajstić information content (AvgIpc) is 3.04. The predicted octanol–water partition coefficient (Wildman–Crippen LogP) is 3.22. The molecular weight excluding hydrogens is 473 g/mol. The molecule has 0 aliphatic heterocycles. The number of furan rings is 1. The van der Waals surface area contributed by atoms with Crippen LogP contribution in [0.2, 0.25) is 0 Å². The Bertz CT molecular complexity index is 818. The third-order valence-electron chi connectivity index (χ3n) is 4.15. The molecule has 1 aromatic carbocycles. The number of carbonyl (C=O) groups excluding carboxylic acids is 1. The first-order valence-corrected chi connectivity index (χ1v) is 8.74. The number of nitrogens with zero attached hydrogens (tertiary/aromatic N) is 1. The number of carbonyl (C=O) groups is 1. The maximum Gasteiger partial charge on any atom is 0.341 e. The van der Waals surface area contributed by atoms with E-state index in [-0.39, 0.29) is 24.0 Å². The number of ether oxygens (including phenoxy) is 2. The number of benzene rings is 1. The summed E-state index contributed by atoms with van der Waals surface area (Å²) in [5.74, 6) is 2.29. The van der Waals surface area contributed by atoms with Gasteiger partial charge in [0, 0.05) is 13.6 Å². The summed E-state index contributed by atoms with van der Waals surface area (Å²) in [7, 11) is 4.73. The number of nitrogens with one attached hydrogen (secondary N) is 2. The number of methoxy groups -OCH3 is 2. The van der Waals surface area contributed by atoms with Gasteiger partial charge in [-0.05, 0) is 38.0 Å². The Balaban J connectivity index is 0.00000392. The first-order chi connectivity index (χ1) is 13.0. The van der Waals surface area contributed by atoms with Crippen molar-refractivity contribution < 1.29 is 18.7 Å². The number of halogens is 1. The molecule has 7 nitrogen and oxygen atoms in total. The van der Waals surface area contributed by atoms with Crippen LogP contribution in [0.1, 0.15) is 33.0 Å². The number of hydrogen-bond acceptors (Lipinski definition) is 5. The van der Waals surface area contributed by atoms with Crippen molar-refractivity contribution in [3.63, 3.8) is 0 Å². The van der Waals surface area contributed by atoms with Crippen LogP contribution in [0.25, 0.3) is 0 Å². The quantitative estimate of drug-likeness (QED) is 0.263. The predicted molar refractivity (Wildman–Crippen MR) is 120 cm³/mol.